The predicted molar refractivity (Wildman–Crippen MR) is 65.1 cm³/mol. The van der Waals surface area contributed by atoms with E-state index in [1.807, 2.05) is 13.8 Å². The third-order valence-electron chi connectivity index (χ3n) is 3.54. The molecule has 92 valence electrons. The summed E-state index contributed by atoms with van der Waals surface area (Å²) in [5.41, 5.74) is 1.99. The Morgan fingerprint density at radius 2 is 1.81 bits per heavy atom. The maximum Gasteiger partial charge on any atom is 0.247 e. The van der Waals surface area contributed by atoms with Crippen LogP contribution in [0.4, 0.5) is 0 Å². The molecular weight excluding hydrogens is 202 g/mol. The van der Waals surface area contributed by atoms with Crippen LogP contribution < -0.4 is 5.32 Å². The van der Waals surface area contributed by atoms with E-state index in [9.17, 15) is 9.90 Å². The van der Waals surface area contributed by atoms with Gasteiger partial charge in [-0.05, 0) is 46.0 Å². The number of nitrogens with one attached hydrogen (secondary N) is 1. The third kappa shape index (κ3) is 3.63. The largest absolute Gasteiger partial charge is 0.393 e. The molecule has 1 aliphatic carbocycles. The van der Waals surface area contributed by atoms with Gasteiger partial charge in [0, 0.05) is 11.6 Å². The average molecular weight is 225 g/mol. The molecule has 3 heteroatoms. The van der Waals surface area contributed by atoms with Gasteiger partial charge in [0.2, 0.25) is 5.91 Å². The Morgan fingerprint density at radius 1 is 1.25 bits per heavy atom. The third-order valence-corrected chi connectivity index (χ3v) is 3.54. The number of hydrogen-bond donors (Lipinski definition) is 2. The molecule has 0 spiro atoms. The average Bonchev–Trinajstić information content (AvgIpc) is 2.30. The molecule has 1 saturated carbocycles. The first-order valence-electron chi connectivity index (χ1n) is 6.19. The zero-order chi connectivity index (χ0) is 12.1. The zero-order valence-corrected chi connectivity index (χ0v) is 10.5. The van der Waals surface area contributed by atoms with Gasteiger partial charge in [0.25, 0.3) is 0 Å². The highest BCUT2D eigenvalue weighted by Gasteiger charge is 2.21. The van der Waals surface area contributed by atoms with E-state index in [0.29, 0.717) is 0 Å². The fourth-order valence-corrected chi connectivity index (χ4v) is 1.97. The summed E-state index contributed by atoms with van der Waals surface area (Å²) in [7, 11) is 0. The summed E-state index contributed by atoms with van der Waals surface area (Å²) in [4.78, 5) is 11.9. The summed E-state index contributed by atoms with van der Waals surface area (Å²) < 4.78 is 0. The minimum Gasteiger partial charge on any atom is -0.393 e. The summed E-state index contributed by atoms with van der Waals surface area (Å²) >= 11 is 0. The summed E-state index contributed by atoms with van der Waals surface area (Å²) in [6, 6.07) is 0.246. The van der Waals surface area contributed by atoms with Crippen molar-refractivity contribution < 1.29 is 9.90 Å². The molecule has 1 amide bonds. The van der Waals surface area contributed by atoms with Crippen LogP contribution in [0, 0.1) is 0 Å². The molecule has 0 aromatic rings. The Bertz CT molecular complexity index is 276. The molecule has 0 heterocycles. The minimum atomic E-state index is -0.165. The summed E-state index contributed by atoms with van der Waals surface area (Å²) in [5, 5.41) is 12.4. The number of carbonyl (C=O) groups excluding carboxylic acids is 1. The van der Waals surface area contributed by atoms with Gasteiger partial charge in [-0.3, -0.25) is 4.79 Å². The second-order valence-corrected chi connectivity index (χ2v) is 4.74. The fraction of sp³-hybridized carbons (Fsp3) is 0.769. The van der Waals surface area contributed by atoms with E-state index < -0.39 is 0 Å². The van der Waals surface area contributed by atoms with Crippen molar-refractivity contribution in [3.05, 3.63) is 11.1 Å². The van der Waals surface area contributed by atoms with Gasteiger partial charge in [0.1, 0.15) is 0 Å². The molecule has 0 atom stereocenters. The molecule has 0 saturated heterocycles. The Kier molecular flexibility index (Phi) is 5.00. The first-order chi connectivity index (χ1) is 7.54. The van der Waals surface area contributed by atoms with Crippen LogP contribution in [0.1, 0.15) is 52.9 Å². The summed E-state index contributed by atoms with van der Waals surface area (Å²) in [6.45, 7) is 5.94. The Morgan fingerprint density at radius 3 is 2.31 bits per heavy atom. The number of rotatable bonds is 3. The lowest BCUT2D eigenvalue weighted by molar-refractivity contribution is -0.118. The van der Waals surface area contributed by atoms with Crippen molar-refractivity contribution in [2.45, 2.75) is 65.0 Å². The van der Waals surface area contributed by atoms with Gasteiger partial charge in [0.15, 0.2) is 0 Å². The number of hydrogen-bond acceptors (Lipinski definition) is 2. The second kappa shape index (κ2) is 6.04. The topological polar surface area (TPSA) is 49.3 Å². The monoisotopic (exact) mass is 225 g/mol. The van der Waals surface area contributed by atoms with Gasteiger partial charge in [0.05, 0.1) is 6.10 Å². The zero-order valence-electron chi connectivity index (χ0n) is 10.5. The summed E-state index contributed by atoms with van der Waals surface area (Å²) in [6.07, 6.45) is 4.16. The highest BCUT2D eigenvalue weighted by Crippen LogP contribution is 2.19. The van der Waals surface area contributed by atoms with Crippen LogP contribution in [0.15, 0.2) is 11.1 Å². The molecule has 0 radical (unpaired) electrons. The predicted octanol–water partition coefficient (Wildman–Crippen LogP) is 2.15. The van der Waals surface area contributed by atoms with Gasteiger partial charge in [-0.2, -0.15) is 0 Å². The van der Waals surface area contributed by atoms with Crippen LogP contribution in [-0.4, -0.2) is 23.2 Å². The van der Waals surface area contributed by atoms with Crippen LogP contribution in [0.3, 0.4) is 0 Å². The molecule has 0 aromatic heterocycles. The molecular formula is C13H23NO2. The molecule has 0 aromatic carbocycles. The molecule has 3 nitrogen and oxygen atoms in total. The van der Waals surface area contributed by atoms with Gasteiger partial charge in [-0.1, -0.05) is 12.5 Å². The first-order valence-corrected chi connectivity index (χ1v) is 6.19. The Hall–Kier alpha value is -0.830. The SMILES string of the molecule is CCC(C)=C(C)C(=O)NC1CCC(O)CC1. The van der Waals surface area contributed by atoms with Crippen LogP contribution in [-0.2, 0) is 4.79 Å². The van der Waals surface area contributed by atoms with Crippen LogP contribution in [0.5, 0.6) is 0 Å². The van der Waals surface area contributed by atoms with E-state index in [0.717, 1.165) is 43.3 Å². The number of allylic oxidation sites excluding steroid dienone is 1. The normalized spacial score (nSPS) is 27.2. The summed E-state index contributed by atoms with van der Waals surface area (Å²) in [5.74, 6) is 0.0562. The van der Waals surface area contributed by atoms with Gasteiger partial charge >= 0.3 is 0 Å². The molecule has 0 unspecified atom stereocenters. The molecule has 1 rings (SSSR count). The van der Waals surface area contributed by atoms with Crippen LogP contribution >= 0.6 is 0 Å². The molecule has 1 fully saturated rings. The second-order valence-electron chi connectivity index (χ2n) is 4.74. The molecule has 1 aliphatic rings. The van der Waals surface area contributed by atoms with Crippen molar-refractivity contribution in [2.75, 3.05) is 0 Å². The lowest BCUT2D eigenvalue weighted by Crippen LogP contribution is -2.39. The lowest BCUT2D eigenvalue weighted by Gasteiger charge is -2.26. The van der Waals surface area contributed by atoms with E-state index in [1.165, 1.54) is 0 Å². The van der Waals surface area contributed by atoms with Crippen molar-refractivity contribution in [1.82, 2.24) is 5.32 Å². The van der Waals surface area contributed by atoms with Crippen molar-refractivity contribution in [1.29, 1.82) is 0 Å². The van der Waals surface area contributed by atoms with E-state index in [-0.39, 0.29) is 18.1 Å². The molecule has 0 bridgehead atoms. The number of aliphatic hydroxyl groups excluding tert-OH is 1. The van der Waals surface area contributed by atoms with Crippen LogP contribution in [0.25, 0.3) is 0 Å². The molecule has 0 aliphatic heterocycles. The maximum atomic E-state index is 11.9. The molecule has 16 heavy (non-hydrogen) atoms. The van der Waals surface area contributed by atoms with E-state index >= 15 is 0 Å². The van der Waals surface area contributed by atoms with E-state index in [1.54, 1.807) is 0 Å². The van der Waals surface area contributed by atoms with E-state index in [4.69, 9.17) is 0 Å². The smallest absolute Gasteiger partial charge is 0.247 e. The van der Waals surface area contributed by atoms with Crippen LogP contribution in [0.2, 0.25) is 0 Å². The van der Waals surface area contributed by atoms with Crippen molar-refractivity contribution in [3.63, 3.8) is 0 Å². The van der Waals surface area contributed by atoms with E-state index in [2.05, 4.69) is 12.2 Å². The standard InChI is InChI=1S/C13H23NO2/c1-4-9(2)10(3)13(16)14-11-5-7-12(15)8-6-11/h11-12,15H,4-8H2,1-3H3,(H,14,16). The van der Waals surface area contributed by atoms with Gasteiger partial charge < -0.3 is 10.4 Å². The van der Waals surface area contributed by atoms with Crippen molar-refractivity contribution in [3.8, 4) is 0 Å². The molecule has 2 N–H and O–H groups in total. The fourth-order valence-electron chi connectivity index (χ4n) is 1.97. The minimum absolute atomic E-state index is 0.0562. The van der Waals surface area contributed by atoms with Gasteiger partial charge in [-0.15, -0.1) is 0 Å². The van der Waals surface area contributed by atoms with Crippen molar-refractivity contribution in [2.24, 2.45) is 0 Å². The van der Waals surface area contributed by atoms with Gasteiger partial charge in [-0.25, -0.2) is 0 Å². The number of aliphatic hydroxyl groups is 1. The maximum absolute atomic E-state index is 11.9. The number of amides is 1. The highest BCUT2D eigenvalue weighted by molar-refractivity contribution is 5.93. The Balaban J connectivity index is 2.46. The lowest BCUT2D eigenvalue weighted by atomic mass is 9.93. The highest BCUT2D eigenvalue weighted by atomic mass is 16.3. The van der Waals surface area contributed by atoms with Crippen molar-refractivity contribution >= 4 is 5.91 Å². The Labute approximate surface area is 97.9 Å². The first kappa shape index (κ1) is 13.2. The number of carbonyl (C=O) groups is 1. The quantitative estimate of drug-likeness (QED) is 0.723.